The molecule has 0 aliphatic heterocycles. The molecule has 0 heterocycles. The predicted octanol–water partition coefficient (Wildman–Crippen LogP) is 4.29. The Morgan fingerprint density at radius 2 is 2.21 bits per heavy atom. The maximum Gasteiger partial charge on any atom is 0.0689 e. The standard InChI is InChI=1S/C13H23N/c1-3-4-5-8-13(11-14)9-6-7-12(2)10-13/h12H,3-10H2,1-2H3. The van der Waals surface area contributed by atoms with Crippen molar-refractivity contribution in [1.82, 2.24) is 0 Å². The zero-order valence-corrected chi connectivity index (χ0v) is 9.68. The van der Waals surface area contributed by atoms with E-state index in [4.69, 9.17) is 0 Å². The molecular formula is C13H23N. The fraction of sp³-hybridized carbons (Fsp3) is 0.923. The zero-order chi connectivity index (χ0) is 10.4. The lowest BCUT2D eigenvalue weighted by molar-refractivity contribution is 0.192. The van der Waals surface area contributed by atoms with Crippen LogP contribution >= 0.6 is 0 Å². The summed E-state index contributed by atoms with van der Waals surface area (Å²) in [4.78, 5) is 0. The number of rotatable bonds is 4. The number of hydrogen-bond donors (Lipinski definition) is 0. The summed E-state index contributed by atoms with van der Waals surface area (Å²) in [7, 11) is 0. The van der Waals surface area contributed by atoms with Crippen molar-refractivity contribution in [2.24, 2.45) is 11.3 Å². The van der Waals surface area contributed by atoms with E-state index in [1.54, 1.807) is 0 Å². The van der Waals surface area contributed by atoms with E-state index >= 15 is 0 Å². The fourth-order valence-corrected chi connectivity index (χ4v) is 2.76. The molecule has 1 nitrogen and oxygen atoms in total. The van der Waals surface area contributed by atoms with E-state index in [1.807, 2.05) is 0 Å². The fourth-order valence-electron chi connectivity index (χ4n) is 2.76. The van der Waals surface area contributed by atoms with Crippen molar-refractivity contribution < 1.29 is 0 Å². The predicted molar refractivity (Wildman–Crippen MR) is 59.8 cm³/mol. The highest BCUT2D eigenvalue weighted by Crippen LogP contribution is 2.42. The van der Waals surface area contributed by atoms with Crippen LogP contribution in [0.1, 0.15) is 65.2 Å². The van der Waals surface area contributed by atoms with E-state index < -0.39 is 0 Å². The molecule has 1 rings (SSSR count). The Morgan fingerprint density at radius 1 is 1.43 bits per heavy atom. The third-order valence-electron chi connectivity index (χ3n) is 3.59. The van der Waals surface area contributed by atoms with Crippen LogP contribution in [-0.4, -0.2) is 0 Å². The van der Waals surface area contributed by atoms with Crippen LogP contribution in [0.2, 0.25) is 0 Å². The van der Waals surface area contributed by atoms with E-state index in [0.29, 0.717) is 0 Å². The molecule has 2 atom stereocenters. The Hall–Kier alpha value is -0.510. The van der Waals surface area contributed by atoms with Crippen molar-refractivity contribution >= 4 is 0 Å². The summed E-state index contributed by atoms with van der Waals surface area (Å²) in [6.07, 6.45) is 9.83. The first-order valence-electron chi connectivity index (χ1n) is 6.14. The molecule has 0 bridgehead atoms. The molecule has 80 valence electrons. The van der Waals surface area contributed by atoms with Gasteiger partial charge in [0.15, 0.2) is 0 Å². The lowest BCUT2D eigenvalue weighted by Gasteiger charge is -2.34. The molecule has 0 spiro atoms. The lowest BCUT2D eigenvalue weighted by atomic mass is 9.68. The van der Waals surface area contributed by atoms with Gasteiger partial charge in [-0.3, -0.25) is 0 Å². The molecule has 1 aliphatic carbocycles. The number of nitrogens with zero attached hydrogens (tertiary/aromatic N) is 1. The molecule has 0 amide bonds. The summed E-state index contributed by atoms with van der Waals surface area (Å²) in [5.74, 6) is 0.769. The topological polar surface area (TPSA) is 23.8 Å². The second-order valence-electron chi connectivity index (χ2n) is 5.05. The first-order chi connectivity index (χ1) is 6.72. The molecule has 0 aromatic rings. The first-order valence-corrected chi connectivity index (χ1v) is 6.14. The first kappa shape index (κ1) is 11.6. The second-order valence-corrected chi connectivity index (χ2v) is 5.05. The van der Waals surface area contributed by atoms with Crippen molar-refractivity contribution in [3.63, 3.8) is 0 Å². The van der Waals surface area contributed by atoms with Gasteiger partial charge in [-0.2, -0.15) is 5.26 Å². The van der Waals surface area contributed by atoms with E-state index in [2.05, 4.69) is 19.9 Å². The van der Waals surface area contributed by atoms with Crippen LogP contribution in [0.15, 0.2) is 0 Å². The Morgan fingerprint density at radius 3 is 2.79 bits per heavy atom. The third-order valence-corrected chi connectivity index (χ3v) is 3.59. The van der Waals surface area contributed by atoms with Crippen molar-refractivity contribution in [2.45, 2.75) is 65.2 Å². The molecule has 0 saturated heterocycles. The van der Waals surface area contributed by atoms with Gasteiger partial charge in [-0.25, -0.2) is 0 Å². The third kappa shape index (κ3) is 3.01. The summed E-state index contributed by atoms with van der Waals surface area (Å²) in [5, 5.41) is 9.31. The molecule has 1 heteroatoms. The number of hydrogen-bond acceptors (Lipinski definition) is 1. The Bertz CT molecular complexity index is 204. The molecule has 1 aliphatic rings. The second kappa shape index (κ2) is 5.39. The average molecular weight is 193 g/mol. The van der Waals surface area contributed by atoms with Gasteiger partial charge < -0.3 is 0 Å². The molecule has 2 unspecified atom stereocenters. The highest BCUT2D eigenvalue weighted by molar-refractivity contribution is 5.01. The van der Waals surface area contributed by atoms with E-state index in [1.165, 1.54) is 32.1 Å². The normalized spacial score (nSPS) is 32.5. The van der Waals surface area contributed by atoms with E-state index in [9.17, 15) is 5.26 Å². The Kier molecular flexibility index (Phi) is 4.45. The summed E-state index contributed by atoms with van der Waals surface area (Å²) in [5.41, 5.74) is 0.0484. The van der Waals surface area contributed by atoms with Crippen LogP contribution in [0.25, 0.3) is 0 Å². The zero-order valence-electron chi connectivity index (χ0n) is 9.68. The van der Waals surface area contributed by atoms with Crippen molar-refractivity contribution in [2.75, 3.05) is 0 Å². The van der Waals surface area contributed by atoms with Crippen LogP contribution in [0.5, 0.6) is 0 Å². The monoisotopic (exact) mass is 193 g/mol. The minimum absolute atomic E-state index is 0.0484. The van der Waals surface area contributed by atoms with Crippen LogP contribution in [0.4, 0.5) is 0 Å². The summed E-state index contributed by atoms with van der Waals surface area (Å²) in [6.45, 7) is 4.52. The molecular weight excluding hydrogens is 170 g/mol. The summed E-state index contributed by atoms with van der Waals surface area (Å²) >= 11 is 0. The van der Waals surface area contributed by atoms with Crippen molar-refractivity contribution in [3.05, 3.63) is 0 Å². The molecule has 0 aromatic carbocycles. The number of unbranched alkanes of at least 4 members (excludes halogenated alkanes) is 2. The van der Waals surface area contributed by atoms with Crippen LogP contribution in [0.3, 0.4) is 0 Å². The molecule has 0 N–H and O–H groups in total. The van der Waals surface area contributed by atoms with Gasteiger partial charge in [0.1, 0.15) is 0 Å². The van der Waals surface area contributed by atoms with Gasteiger partial charge in [0, 0.05) is 0 Å². The number of nitriles is 1. The van der Waals surface area contributed by atoms with Gasteiger partial charge in [0.05, 0.1) is 11.5 Å². The average Bonchev–Trinajstić information content (AvgIpc) is 2.18. The smallest absolute Gasteiger partial charge is 0.0689 e. The van der Waals surface area contributed by atoms with Crippen LogP contribution in [-0.2, 0) is 0 Å². The minimum Gasteiger partial charge on any atom is -0.198 e. The van der Waals surface area contributed by atoms with E-state index in [0.717, 1.165) is 25.2 Å². The summed E-state index contributed by atoms with van der Waals surface area (Å²) in [6, 6.07) is 2.61. The lowest BCUT2D eigenvalue weighted by Crippen LogP contribution is -2.26. The molecule has 1 saturated carbocycles. The highest BCUT2D eigenvalue weighted by Gasteiger charge is 2.34. The van der Waals surface area contributed by atoms with Crippen molar-refractivity contribution in [3.8, 4) is 6.07 Å². The minimum atomic E-state index is 0.0484. The van der Waals surface area contributed by atoms with Gasteiger partial charge in [-0.1, -0.05) is 46.0 Å². The van der Waals surface area contributed by atoms with Gasteiger partial charge in [0.2, 0.25) is 0 Å². The molecule has 0 aromatic heterocycles. The van der Waals surface area contributed by atoms with Gasteiger partial charge in [-0.05, 0) is 25.2 Å². The van der Waals surface area contributed by atoms with Crippen LogP contribution < -0.4 is 0 Å². The highest BCUT2D eigenvalue weighted by atomic mass is 14.4. The maximum atomic E-state index is 9.31. The largest absolute Gasteiger partial charge is 0.198 e. The molecule has 14 heavy (non-hydrogen) atoms. The Balaban J connectivity index is 2.44. The van der Waals surface area contributed by atoms with Gasteiger partial charge in [-0.15, -0.1) is 0 Å². The van der Waals surface area contributed by atoms with Gasteiger partial charge >= 0.3 is 0 Å². The molecule has 1 fully saturated rings. The van der Waals surface area contributed by atoms with Gasteiger partial charge in [0.25, 0.3) is 0 Å². The Labute approximate surface area is 88.5 Å². The van der Waals surface area contributed by atoms with E-state index in [-0.39, 0.29) is 5.41 Å². The summed E-state index contributed by atoms with van der Waals surface area (Å²) < 4.78 is 0. The SMILES string of the molecule is CCCCCC1(C#N)CCCC(C)C1. The quantitative estimate of drug-likeness (QED) is 0.611. The van der Waals surface area contributed by atoms with Crippen molar-refractivity contribution in [1.29, 1.82) is 5.26 Å². The maximum absolute atomic E-state index is 9.31. The van der Waals surface area contributed by atoms with Crippen LogP contribution in [0, 0.1) is 22.7 Å². The molecule has 0 radical (unpaired) electrons.